The van der Waals surface area contributed by atoms with Gasteiger partial charge in [-0.15, -0.1) is 0 Å². The molecule has 3 aliphatic rings. The third kappa shape index (κ3) is 2.31. The molecule has 1 saturated heterocycles. The Balaban J connectivity index is 1.70. The van der Waals surface area contributed by atoms with Crippen molar-refractivity contribution >= 4 is 5.91 Å². The predicted molar refractivity (Wildman–Crippen MR) is 82.8 cm³/mol. The SMILES string of the molecule is CC1(C)C2OCCCC2C1(N)C(=O)NC1CCCCCC1. The summed E-state index contributed by atoms with van der Waals surface area (Å²) in [6.45, 7) is 4.99. The summed E-state index contributed by atoms with van der Waals surface area (Å²) >= 11 is 0. The topological polar surface area (TPSA) is 64.3 Å². The lowest BCUT2D eigenvalue weighted by molar-refractivity contribution is -0.225. The fourth-order valence-electron chi connectivity index (χ4n) is 4.77. The first kappa shape index (κ1) is 15.3. The van der Waals surface area contributed by atoms with Gasteiger partial charge in [-0.05, 0) is 25.7 Å². The standard InChI is InChI=1S/C17H30N2O2/c1-16(2)14-13(10-7-11-21-14)17(16,18)15(20)19-12-8-5-3-4-6-9-12/h12-14H,3-11,18H2,1-2H3,(H,19,20). The molecule has 1 amide bonds. The minimum atomic E-state index is -0.760. The van der Waals surface area contributed by atoms with E-state index in [1.165, 1.54) is 25.7 Å². The summed E-state index contributed by atoms with van der Waals surface area (Å²) in [5.74, 6) is 0.248. The van der Waals surface area contributed by atoms with Crippen LogP contribution in [0.25, 0.3) is 0 Å². The Morgan fingerprint density at radius 3 is 2.43 bits per heavy atom. The molecule has 3 unspecified atom stereocenters. The summed E-state index contributed by atoms with van der Waals surface area (Å²) in [5, 5.41) is 3.27. The fraction of sp³-hybridized carbons (Fsp3) is 0.941. The van der Waals surface area contributed by atoms with E-state index >= 15 is 0 Å². The van der Waals surface area contributed by atoms with Gasteiger partial charge in [-0.3, -0.25) is 4.79 Å². The molecule has 120 valence electrons. The second-order valence-corrected chi connectivity index (χ2v) is 7.79. The first-order valence-corrected chi connectivity index (χ1v) is 8.69. The molecular formula is C17H30N2O2. The highest BCUT2D eigenvalue weighted by Crippen LogP contribution is 2.57. The molecule has 2 aliphatic carbocycles. The zero-order valence-electron chi connectivity index (χ0n) is 13.5. The Bertz CT molecular complexity index is 402. The number of nitrogens with one attached hydrogen (secondary N) is 1. The van der Waals surface area contributed by atoms with Crippen molar-refractivity contribution in [1.29, 1.82) is 0 Å². The highest BCUT2D eigenvalue weighted by atomic mass is 16.5. The van der Waals surface area contributed by atoms with Crippen molar-refractivity contribution in [2.24, 2.45) is 17.1 Å². The van der Waals surface area contributed by atoms with Crippen molar-refractivity contribution in [2.45, 2.75) is 82.9 Å². The van der Waals surface area contributed by atoms with Crippen molar-refractivity contribution in [3.8, 4) is 0 Å². The Hall–Kier alpha value is -0.610. The van der Waals surface area contributed by atoms with E-state index in [0.29, 0.717) is 6.04 Å². The predicted octanol–water partition coefficient (Wildman–Crippen LogP) is 2.36. The summed E-state index contributed by atoms with van der Waals surface area (Å²) in [6.07, 6.45) is 9.43. The van der Waals surface area contributed by atoms with Crippen LogP contribution in [0.15, 0.2) is 0 Å². The first-order valence-electron chi connectivity index (χ1n) is 8.69. The average Bonchev–Trinajstić information content (AvgIpc) is 2.75. The van der Waals surface area contributed by atoms with Gasteiger partial charge in [-0.25, -0.2) is 0 Å². The molecule has 0 aromatic rings. The van der Waals surface area contributed by atoms with E-state index in [1.807, 2.05) is 0 Å². The fourth-order valence-corrected chi connectivity index (χ4v) is 4.77. The molecule has 3 atom stereocenters. The molecular weight excluding hydrogens is 264 g/mol. The highest BCUT2D eigenvalue weighted by Gasteiger charge is 2.70. The van der Waals surface area contributed by atoms with Gasteiger partial charge in [0.1, 0.15) is 5.54 Å². The van der Waals surface area contributed by atoms with Crippen molar-refractivity contribution in [1.82, 2.24) is 5.32 Å². The highest BCUT2D eigenvalue weighted by molar-refractivity contribution is 5.89. The van der Waals surface area contributed by atoms with Gasteiger partial charge >= 0.3 is 0 Å². The third-order valence-electron chi connectivity index (χ3n) is 6.25. The van der Waals surface area contributed by atoms with E-state index in [-0.39, 0.29) is 23.3 Å². The van der Waals surface area contributed by atoms with Crippen molar-refractivity contribution in [2.75, 3.05) is 6.61 Å². The largest absolute Gasteiger partial charge is 0.377 e. The van der Waals surface area contributed by atoms with Crippen molar-refractivity contribution < 1.29 is 9.53 Å². The number of fused-ring (bicyclic) bond motifs is 1. The van der Waals surface area contributed by atoms with E-state index < -0.39 is 5.54 Å². The second-order valence-electron chi connectivity index (χ2n) is 7.79. The molecule has 2 saturated carbocycles. The first-order chi connectivity index (χ1) is 9.98. The number of hydrogen-bond donors (Lipinski definition) is 2. The van der Waals surface area contributed by atoms with Crippen LogP contribution in [-0.2, 0) is 9.53 Å². The van der Waals surface area contributed by atoms with Gasteiger partial charge in [0.05, 0.1) is 6.10 Å². The Morgan fingerprint density at radius 2 is 1.76 bits per heavy atom. The number of carbonyl (C=O) groups is 1. The molecule has 0 bridgehead atoms. The van der Waals surface area contributed by atoms with E-state index in [2.05, 4.69) is 19.2 Å². The molecule has 0 aromatic heterocycles. The van der Waals surface area contributed by atoms with Gasteiger partial charge in [0.2, 0.25) is 5.91 Å². The van der Waals surface area contributed by atoms with Gasteiger partial charge in [-0.1, -0.05) is 39.5 Å². The minimum Gasteiger partial charge on any atom is -0.377 e. The van der Waals surface area contributed by atoms with Crippen LogP contribution in [0.4, 0.5) is 0 Å². The van der Waals surface area contributed by atoms with Crippen LogP contribution in [0.3, 0.4) is 0 Å². The van der Waals surface area contributed by atoms with E-state index in [0.717, 1.165) is 32.3 Å². The maximum Gasteiger partial charge on any atom is 0.241 e. The van der Waals surface area contributed by atoms with Gasteiger partial charge in [0.15, 0.2) is 0 Å². The van der Waals surface area contributed by atoms with Gasteiger partial charge in [-0.2, -0.15) is 0 Å². The van der Waals surface area contributed by atoms with Crippen LogP contribution in [0.5, 0.6) is 0 Å². The van der Waals surface area contributed by atoms with Gasteiger partial charge in [0.25, 0.3) is 0 Å². The monoisotopic (exact) mass is 294 g/mol. The lowest BCUT2D eigenvalue weighted by Gasteiger charge is -2.65. The molecule has 3 N–H and O–H groups in total. The number of rotatable bonds is 2. The third-order valence-corrected chi connectivity index (χ3v) is 6.25. The molecule has 4 heteroatoms. The number of carbonyl (C=O) groups excluding carboxylic acids is 1. The van der Waals surface area contributed by atoms with Crippen LogP contribution < -0.4 is 11.1 Å². The minimum absolute atomic E-state index is 0.0613. The van der Waals surface area contributed by atoms with Gasteiger partial charge < -0.3 is 15.8 Å². The normalized spacial score (nSPS) is 39.8. The molecule has 0 radical (unpaired) electrons. The maximum atomic E-state index is 12.9. The van der Waals surface area contributed by atoms with Crippen molar-refractivity contribution in [3.63, 3.8) is 0 Å². The lowest BCUT2D eigenvalue weighted by Crippen LogP contribution is -2.82. The molecule has 21 heavy (non-hydrogen) atoms. The van der Waals surface area contributed by atoms with E-state index in [1.54, 1.807) is 0 Å². The summed E-state index contributed by atoms with van der Waals surface area (Å²) in [5.41, 5.74) is 5.61. The Labute approximate surface area is 128 Å². The summed E-state index contributed by atoms with van der Waals surface area (Å²) in [4.78, 5) is 12.9. The molecule has 1 aliphatic heterocycles. The number of hydrogen-bond acceptors (Lipinski definition) is 3. The Morgan fingerprint density at radius 1 is 1.10 bits per heavy atom. The Kier molecular flexibility index (Phi) is 4.04. The summed E-state index contributed by atoms with van der Waals surface area (Å²) in [6, 6.07) is 0.319. The van der Waals surface area contributed by atoms with Crippen LogP contribution in [-0.4, -0.2) is 30.2 Å². The molecule has 0 spiro atoms. The molecule has 4 nitrogen and oxygen atoms in total. The number of amides is 1. The second kappa shape index (κ2) is 5.54. The zero-order chi connectivity index (χ0) is 15.1. The summed E-state index contributed by atoms with van der Waals surface area (Å²) < 4.78 is 5.89. The van der Waals surface area contributed by atoms with Gasteiger partial charge in [0, 0.05) is 24.0 Å². The quantitative estimate of drug-likeness (QED) is 0.768. The summed E-state index contributed by atoms with van der Waals surface area (Å²) in [7, 11) is 0. The zero-order valence-corrected chi connectivity index (χ0v) is 13.5. The van der Waals surface area contributed by atoms with E-state index in [9.17, 15) is 4.79 Å². The smallest absolute Gasteiger partial charge is 0.241 e. The maximum absolute atomic E-state index is 12.9. The average molecular weight is 294 g/mol. The lowest BCUT2D eigenvalue weighted by atomic mass is 9.46. The molecule has 1 heterocycles. The van der Waals surface area contributed by atoms with E-state index in [4.69, 9.17) is 10.5 Å². The molecule has 3 rings (SSSR count). The van der Waals surface area contributed by atoms with Crippen molar-refractivity contribution in [3.05, 3.63) is 0 Å². The van der Waals surface area contributed by atoms with Crippen LogP contribution in [0.1, 0.15) is 65.2 Å². The van der Waals surface area contributed by atoms with Crippen LogP contribution in [0.2, 0.25) is 0 Å². The molecule has 0 aromatic carbocycles. The molecule has 3 fully saturated rings. The number of nitrogens with two attached hydrogens (primary N) is 1. The van der Waals surface area contributed by atoms with Crippen LogP contribution in [0, 0.1) is 11.3 Å². The number of ether oxygens (including phenoxy) is 1. The van der Waals surface area contributed by atoms with Crippen LogP contribution >= 0.6 is 0 Å².